The molecular weight excluding hydrogens is 359 g/mol. The maximum absolute atomic E-state index is 14.1. The van der Waals surface area contributed by atoms with Crippen molar-refractivity contribution in [3.8, 4) is 11.5 Å². The molecule has 2 aromatic carbocycles. The molecule has 150 valence electrons. The first-order valence-electron chi connectivity index (χ1n) is 9.44. The van der Waals surface area contributed by atoms with Crippen molar-refractivity contribution in [1.29, 1.82) is 0 Å². The third-order valence-electron chi connectivity index (χ3n) is 4.81. The SMILES string of the molecule is CC(C)(C)OC1C(C(=O)OCc2ccc(F)c(Oc3ccccc3)c2)C1(C)C. The Morgan fingerprint density at radius 2 is 1.79 bits per heavy atom. The molecule has 3 rings (SSSR count). The van der Waals surface area contributed by atoms with Crippen molar-refractivity contribution in [3.05, 3.63) is 59.9 Å². The Labute approximate surface area is 165 Å². The summed E-state index contributed by atoms with van der Waals surface area (Å²) in [6.07, 6.45) is -0.162. The minimum atomic E-state index is -0.471. The molecule has 0 spiro atoms. The molecule has 1 aliphatic carbocycles. The summed E-state index contributed by atoms with van der Waals surface area (Å²) in [7, 11) is 0. The van der Waals surface area contributed by atoms with Crippen LogP contribution in [0.5, 0.6) is 11.5 Å². The fraction of sp³-hybridized carbons (Fsp3) is 0.435. The minimum Gasteiger partial charge on any atom is -0.461 e. The number of halogens is 1. The first kappa shape index (κ1) is 20.3. The molecule has 0 radical (unpaired) electrons. The average Bonchev–Trinajstić information content (AvgIpc) is 3.14. The Balaban J connectivity index is 1.62. The van der Waals surface area contributed by atoms with Crippen molar-refractivity contribution in [2.24, 2.45) is 11.3 Å². The molecule has 1 saturated carbocycles. The number of carbonyl (C=O) groups is 1. The largest absolute Gasteiger partial charge is 0.461 e. The number of para-hydroxylation sites is 1. The Morgan fingerprint density at radius 3 is 2.43 bits per heavy atom. The summed E-state index contributed by atoms with van der Waals surface area (Å²) in [5.74, 6) is -0.430. The molecule has 5 heteroatoms. The van der Waals surface area contributed by atoms with E-state index in [0.29, 0.717) is 11.3 Å². The third kappa shape index (κ3) is 4.71. The van der Waals surface area contributed by atoms with Crippen molar-refractivity contribution in [3.63, 3.8) is 0 Å². The lowest BCUT2D eigenvalue weighted by molar-refractivity contribution is -0.148. The van der Waals surface area contributed by atoms with Crippen LogP contribution in [0.15, 0.2) is 48.5 Å². The van der Waals surface area contributed by atoms with Gasteiger partial charge in [0.1, 0.15) is 12.4 Å². The Bertz CT molecular complexity index is 839. The van der Waals surface area contributed by atoms with Gasteiger partial charge < -0.3 is 14.2 Å². The zero-order valence-electron chi connectivity index (χ0n) is 17.0. The van der Waals surface area contributed by atoms with Gasteiger partial charge >= 0.3 is 5.97 Å². The lowest BCUT2D eigenvalue weighted by atomic mass is 10.1. The zero-order chi connectivity index (χ0) is 20.5. The van der Waals surface area contributed by atoms with Crippen molar-refractivity contribution in [2.75, 3.05) is 0 Å². The van der Waals surface area contributed by atoms with Crippen LogP contribution in [0.25, 0.3) is 0 Å². The molecule has 0 heterocycles. The molecule has 0 saturated heterocycles. The van der Waals surface area contributed by atoms with E-state index in [4.69, 9.17) is 14.2 Å². The predicted octanol–water partition coefficient (Wildman–Crippen LogP) is 5.50. The molecule has 28 heavy (non-hydrogen) atoms. The molecule has 1 fully saturated rings. The summed E-state index contributed by atoms with van der Waals surface area (Å²) >= 11 is 0. The van der Waals surface area contributed by atoms with Crippen molar-refractivity contribution < 1.29 is 23.4 Å². The standard InChI is InChI=1S/C23H27FO4/c1-22(2,3)28-20-19(23(20,4)5)21(25)26-14-15-11-12-17(24)18(13-15)27-16-9-7-6-8-10-16/h6-13,19-20H,14H2,1-5H3. The highest BCUT2D eigenvalue weighted by molar-refractivity contribution is 5.78. The van der Waals surface area contributed by atoms with E-state index in [-0.39, 0.29) is 41.4 Å². The zero-order valence-corrected chi connectivity index (χ0v) is 17.0. The lowest BCUT2D eigenvalue weighted by Gasteiger charge is -2.20. The summed E-state index contributed by atoms with van der Waals surface area (Å²) in [4.78, 5) is 12.5. The van der Waals surface area contributed by atoms with Crippen LogP contribution in [0.1, 0.15) is 40.2 Å². The van der Waals surface area contributed by atoms with Gasteiger partial charge in [-0.1, -0.05) is 38.1 Å². The molecule has 0 bridgehead atoms. The predicted molar refractivity (Wildman–Crippen MR) is 105 cm³/mol. The van der Waals surface area contributed by atoms with E-state index in [1.165, 1.54) is 6.07 Å². The summed E-state index contributed by atoms with van der Waals surface area (Å²) in [5, 5.41) is 0. The molecule has 0 aromatic heterocycles. The second kappa shape index (κ2) is 7.55. The minimum absolute atomic E-state index is 0.0546. The molecular formula is C23H27FO4. The van der Waals surface area contributed by atoms with E-state index >= 15 is 0 Å². The van der Waals surface area contributed by atoms with E-state index in [2.05, 4.69) is 0 Å². The van der Waals surface area contributed by atoms with E-state index in [1.54, 1.807) is 24.3 Å². The number of benzene rings is 2. The van der Waals surface area contributed by atoms with E-state index in [9.17, 15) is 9.18 Å². The van der Waals surface area contributed by atoms with Gasteiger partial charge in [0.05, 0.1) is 17.6 Å². The fourth-order valence-corrected chi connectivity index (χ4v) is 3.19. The summed E-state index contributed by atoms with van der Waals surface area (Å²) in [6, 6.07) is 13.4. The maximum atomic E-state index is 14.1. The monoisotopic (exact) mass is 386 g/mol. The average molecular weight is 386 g/mol. The van der Waals surface area contributed by atoms with E-state index < -0.39 is 5.82 Å². The van der Waals surface area contributed by atoms with Gasteiger partial charge in [-0.25, -0.2) is 4.39 Å². The number of hydrogen-bond acceptors (Lipinski definition) is 4. The molecule has 0 aliphatic heterocycles. The summed E-state index contributed by atoms with van der Waals surface area (Å²) in [5.41, 5.74) is 0.0826. The molecule has 1 aliphatic rings. The van der Waals surface area contributed by atoms with Gasteiger partial charge in [-0.15, -0.1) is 0 Å². The highest BCUT2D eigenvalue weighted by Gasteiger charge is 2.65. The van der Waals surface area contributed by atoms with Crippen LogP contribution in [-0.2, 0) is 20.9 Å². The number of hydrogen-bond donors (Lipinski definition) is 0. The molecule has 0 N–H and O–H groups in total. The van der Waals surface area contributed by atoms with Gasteiger partial charge in [0.2, 0.25) is 0 Å². The van der Waals surface area contributed by atoms with Crippen LogP contribution in [0.4, 0.5) is 4.39 Å². The van der Waals surface area contributed by atoms with Crippen molar-refractivity contribution >= 4 is 5.97 Å². The summed E-state index contributed by atoms with van der Waals surface area (Å²) < 4.78 is 31.1. The van der Waals surface area contributed by atoms with Gasteiger partial charge in [-0.05, 0) is 50.6 Å². The van der Waals surface area contributed by atoms with Crippen LogP contribution >= 0.6 is 0 Å². The topological polar surface area (TPSA) is 44.8 Å². The first-order chi connectivity index (χ1) is 13.1. The smallest absolute Gasteiger partial charge is 0.312 e. The van der Waals surface area contributed by atoms with E-state index in [0.717, 1.165) is 0 Å². The Kier molecular flexibility index (Phi) is 5.48. The lowest BCUT2D eigenvalue weighted by Crippen LogP contribution is -2.23. The fourth-order valence-electron chi connectivity index (χ4n) is 3.19. The number of carbonyl (C=O) groups excluding carboxylic acids is 1. The second-order valence-electron chi connectivity index (χ2n) is 8.74. The third-order valence-corrected chi connectivity index (χ3v) is 4.81. The highest BCUT2D eigenvalue weighted by Crippen LogP contribution is 2.56. The van der Waals surface area contributed by atoms with Crippen LogP contribution in [0, 0.1) is 17.2 Å². The second-order valence-corrected chi connectivity index (χ2v) is 8.74. The summed E-state index contributed by atoms with van der Waals surface area (Å²) in [6.45, 7) is 9.96. The van der Waals surface area contributed by atoms with Gasteiger partial charge in [-0.2, -0.15) is 0 Å². The van der Waals surface area contributed by atoms with Crippen LogP contribution < -0.4 is 4.74 Å². The number of rotatable bonds is 6. The Hall–Kier alpha value is -2.40. The number of ether oxygens (including phenoxy) is 3. The van der Waals surface area contributed by atoms with Crippen LogP contribution in [0.3, 0.4) is 0 Å². The molecule has 2 unspecified atom stereocenters. The van der Waals surface area contributed by atoms with Crippen LogP contribution in [0.2, 0.25) is 0 Å². The maximum Gasteiger partial charge on any atom is 0.312 e. The highest BCUT2D eigenvalue weighted by atomic mass is 19.1. The molecule has 2 aromatic rings. The normalized spacial score (nSPS) is 20.5. The van der Waals surface area contributed by atoms with Gasteiger partial charge in [-0.3, -0.25) is 4.79 Å². The van der Waals surface area contributed by atoms with Gasteiger partial charge in [0.15, 0.2) is 11.6 Å². The van der Waals surface area contributed by atoms with Crippen molar-refractivity contribution in [2.45, 2.75) is 52.9 Å². The van der Waals surface area contributed by atoms with Gasteiger partial charge in [0.25, 0.3) is 0 Å². The molecule has 4 nitrogen and oxygen atoms in total. The van der Waals surface area contributed by atoms with Crippen LogP contribution in [-0.4, -0.2) is 17.7 Å². The van der Waals surface area contributed by atoms with E-state index in [1.807, 2.05) is 52.8 Å². The molecule has 2 atom stereocenters. The first-order valence-corrected chi connectivity index (χ1v) is 9.44. The quantitative estimate of drug-likeness (QED) is 0.615. The van der Waals surface area contributed by atoms with Crippen molar-refractivity contribution in [1.82, 2.24) is 0 Å². The number of esters is 1. The Morgan fingerprint density at radius 1 is 1.11 bits per heavy atom. The van der Waals surface area contributed by atoms with Gasteiger partial charge in [0, 0.05) is 5.41 Å². The molecule has 0 amide bonds.